The minimum absolute atomic E-state index is 0.174. The lowest BCUT2D eigenvalue weighted by Gasteiger charge is -2.02. The first-order valence-corrected chi connectivity index (χ1v) is 7.82. The molecule has 0 bridgehead atoms. The molecule has 2 aromatic carbocycles. The molecule has 0 spiro atoms. The SMILES string of the molecule is Cc1ccc2sc3c(=NC#N)c4ccccc4c(=O)c=3oc2c1. The van der Waals surface area contributed by atoms with E-state index in [0.29, 0.717) is 26.2 Å². The van der Waals surface area contributed by atoms with Crippen LogP contribution in [0.25, 0.3) is 21.1 Å². The van der Waals surface area contributed by atoms with Crippen molar-refractivity contribution >= 4 is 32.4 Å². The van der Waals surface area contributed by atoms with Crippen LogP contribution in [0, 0.1) is 28.3 Å². The van der Waals surface area contributed by atoms with Gasteiger partial charge in [0.1, 0.15) is 15.5 Å². The van der Waals surface area contributed by atoms with Crippen molar-refractivity contribution in [3.05, 3.63) is 73.6 Å². The van der Waals surface area contributed by atoms with Crippen LogP contribution >= 0.6 is 11.3 Å². The van der Waals surface area contributed by atoms with Gasteiger partial charge in [0, 0.05) is 10.8 Å². The van der Waals surface area contributed by atoms with Crippen LogP contribution in [0.15, 0.2) is 56.7 Å². The van der Waals surface area contributed by atoms with Gasteiger partial charge in [-0.2, -0.15) is 10.3 Å². The summed E-state index contributed by atoms with van der Waals surface area (Å²) in [7, 11) is 0. The normalized spacial score (nSPS) is 12.1. The van der Waals surface area contributed by atoms with Gasteiger partial charge in [0.25, 0.3) is 0 Å². The molecule has 0 saturated heterocycles. The van der Waals surface area contributed by atoms with Gasteiger partial charge in [-0.3, -0.25) is 4.79 Å². The molecule has 0 saturated carbocycles. The number of nitriles is 1. The zero-order valence-electron chi connectivity index (χ0n) is 12.2. The van der Waals surface area contributed by atoms with Crippen LogP contribution in [0.5, 0.6) is 0 Å². The van der Waals surface area contributed by atoms with Gasteiger partial charge < -0.3 is 4.42 Å². The quantitative estimate of drug-likeness (QED) is 0.467. The van der Waals surface area contributed by atoms with Crippen LogP contribution in [0.3, 0.4) is 0 Å². The fraction of sp³-hybridized carbons (Fsp3) is 0.0556. The van der Waals surface area contributed by atoms with Crippen molar-refractivity contribution in [2.45, 2.75) is 6.92 Å². The van der Waals surface area contributed by atoms with Gasteiger partial charge in [-0.1, -0.05) is 30.3 Å². The monoisotopic (exact) mass is 318 g/mol. The highest BCUT2D eigenvalue weighted by atomic mass is 32.1. The molecule has 0 amide bonds. The summed E-state index contributed by atoms with van der Waals surface area (Å²) in [5, 5.41) is 10.7. The third-order valence-corrected chi connectivity index (χ3v) is 4.88. The Kier molecular flexibility index (Phi) is 3.00. The molecule has 23 heavy (non-hydrogen) atoms. The second kappa shape index (κ2) is 5.04. The second-order valence-electron chi connectivity index (χ2n) is 5.25. The lowest BCUT2D eigenvalue weighted by atomic mass is 10.1. The largest absolute Gasteiger partial charge is 0.450 e. The van der Waals surface area contributed by atoms with E-state index in [9.17, 15) is 4.79 Å². The fourth-order valence-corrected chi connectivity index (χ4v) is 3.73. The van der Waals surface area contributed by atoms with Crippen LogP contribution in [0.1, 0.15) is 5.56 Å². The Morgan fingerprint density at radius 3 is 2.74 bits per heavy atom. The Hall–Kier alpha value is -2.97. The van der Waals surface area contributed by atoms with Crippen molar-refractivity contribution in [3.63, 3.8) is 0 Å². The molecular weight excluding hydrogens is 308 g/mol. The molecule has 2 aromatic rings. The third kappa shape index (κ3) is 2.04. The fourth-order valence-electron chi connectivity index (χ4n) is 2.69. The first-order valence-electron chi connectivity index (χ1n) is 7.01. The maximum Gasteiger partial charge on any atom is 0.230 e. The third-order valence-electron chi connectivity index (χ3n) is 3.74. The Morgan fingerprint density at radius 2 is 1.96 bits per heavy atom. The number of hydrogen-bond acceptors (Lipinski definition) is 5. The molecule has 0 N–H and O–H groups in total. The average Bonchev–Trinajstić information content (AvgIpc) is 2.57. The molecule has 4 nitrogen and oxygen atoms in total. The topological polar surface area (TPSA) is 66.4 Å². The number of rotatable bonds is 0. The summed E-state index contributed by atoms with van der Waals surface area (Å²) in [4.78, 5) is 16.7. The van der Waals surface area contributed by atoms with Crippen molar-refractivity contribution in [1.82, 2.24) is 0 Å². The van der Waals surface area contributed by atoms with E-state index in [-0.39, 0.29) is 10.8 Å². The minimum atomic E-state index is -0.174. The smallest absolute Gasteiger partial charge is 0.230 e. The maximum atomic E-state index is 12.8. The van der Waals surface area contributed by atoms with Crippen molar-refractivity contribution in [1.29, 1.82) is 5.26 Å². The van der Waals surface area contributed by atoms with Crippen LogP contribution < -0.4 is 10.8 Å². The Bertz CT molecular complexity index is 1310. The van der Waals surface area contributed by atoms with E-state index in [4.69, 9.17) is 9.68 Å². The van der Waals surface area contributed by atoms with Crippen molar-refractivity contribution < 1.29 is 4.42 Å². The summed E-state index contributed by atoms with van der Waals surface area (Å²) < 4.78 is 7.39. The van der Waals surface area contributed by atoms with Crippen molar-refractivity contribution in [3.8, 4) is 6.19 Å². The van der Waals surface area contributed by atoms with E-state index >= 15 is 0 Å². The summed E-state index contributed by atoms with van der Waals surface area (Å²) in [6.45, 7) is 1.97. The molecule has 1 heterocycles. The van der Waals surface area contributed by atoms with E-state index in [1.165, 1.54) is 11.3 Å². The van der Waals surface area contributed by atoms with E-state index in [1.54, 1.807) is 18.2 Å². The van der Waals surface area contributed by atoms with E-state index in [2.05, 4.69) is 4.99 Å². The Labute approximate surface area is 134 Å². The highest BCUT2D eigenvalue weighted by Crippen LogP contribution is 2.21. The van der Waals surface area contributed by atoms with Crippen molar-refractivity contribution in [2.24, 2.45) is 4.99 Å². The predicted octanol–water partition coefficient (Wildman–Crippen LogP) is 3.42. The summed E-state index contributed by atoms with van der Waals surface area (Å²) in [6, 6.07) is 13.0. The summed E-state index contributed by atoms with van der Waals surface area (Å²) >= 11 is 1.42. The zero-order chi connectivity index (χ0) is 16.0. The lowest BCUT2D eigenvalue weighted by Crippen LogP contribution is -2.15. The molecule has 0 radical (unpaired) electrons. The molecule has 0 aromatic heterocycles. The molecule has 2 aliphatic rings. The number of benzene rings is 2. The summed E-state index contributed by atoms with van der Waals surface area (Å²) in [5.74, 6) is 0. The van der Waals surface area contributed by atoms with Crippen molar-refractivity contribution in [2.75, 3.05) is 0 Å². The second-order valence-corrected chi connectivity index (χ2v) is 6.30. The molecule has 4 rings (SSSR count). The Morgan fingerprint density at radius 1 is 1.17 bits per heavy atom. The number of hydrogen-bond donors (Lipinski definition) is 0. The van der Waals surface area contributed by atoms with Crippen LogP contribution in [-0.4, -0.2) is 0 Å². The Balaban J connectivity index is 2.43. The van der Waals surface area contributed by atoms with Crippen LogP contribution in [0.4, 0.5) is 0 Å². The summed E-state index contributed by atoms with van der Waals surface area (Å²) in [5.41, 5.74) is 1.80. The highest BCUT2D eigenvalue weighted by Gasteiger charge is 2.10. The predicted molar refractivity (Wildman–Crippen MR) is 89.1 cm³/mol. The standard InChI is InChI=1S/C18H10N2O2S/c1-10-6-7-14-13(8-10)22-17-16(21)12-5-3-2-4-11(12)15(20-9-19)18(17)23-14/h2-8H,1H3. The molecular formula is C18H10N2O2S. The molecule has 0 fully saturated rings. The molecule has 0 atom stereocenters. The van der Waals surface area contributed by atoms with Gasteiger partial charge >= 0.3 is 0 Å². The number of fused-ring (bicyclic) bond motifs is 2. The highest BCUT2D eigenvalue weighted by molar-refractivity contribution is 7.16. The first kappa shape index (κ1) is 13.7. The zero-order valence-corrected chi connectivity index (χ0v) is 13.0. The molecule has 0 unspecified atom stereocenters. The number of nitrogens with zero attached hydrogens (tertiary/aromatic N) is 2. The molecule has 1 aliphatic carbocycles. The van der Waals surface area contributed by atoms with Gasteiger partial charge in [0.15, 0.2) is 5.42 Å². The van der Waals surface area contributed by atoms with Gasteiger partial charge in [0.05, 0.1) is 4.70 Å². The molecule has 110 valence electrons. The van der Waals surface area contributed by atoms with E-state index in [0.717, 1.165) is 10.3 Å². The van der Waals surface area contributed by atoms with Crippen LogP contribution in [0.2, 0.25) is 0 Å². The maximum absolute atomic E-state index is 12.8. The van der Waals surface area contributed by atoms with Crippen LogP contribution in [-0.2, 0) is 0 Å². The summed E-state index contributed by atoms with van der Waals surface area (Å²) in [6.07, 6.45) is 1.83. The minimum Gasteiger partial charge on any atom is -0.450 e. The number of aryl methyl sites for hydroxylation is 1. The molecule has 5 heteroatoms. The van der Waals surface area contributed by atoms with Gasteiger partial charge in [-0.05, 0) is 24.6 Å². The van der Waals surface area contributed by atoms with E-state index < -0.39 is 0 Å². The van der Waals surface area contributed by atoms with Gasteiger partial charge in [0.2, 0.25) is 11.6 Å². The molecule has 1 aliphatic heterocycles. The first-order chi connectivity index (χ1) is 11.2. The van der Waals surface area contributed by atoms with Gasteiger partial charge in [-0.15, -0.1) is 11.3 Å². The average molecular weight is 318 g/mol. The van der Waals surface area contributed by atoms with Gasteiger partial charge in [-0.25, -0.2) is 0 Å². The van der Waals surface area contributed by atoms with E-state index in [1.807, 2.05) is 37.4 Å². The lowest BCUT2D eigenvalue weighted by molar-refractivity contribution is 0.566.